The molecular formula is C14H16N2O3S2. The summed E-state index contributed by atoms with van der Waals surface area (Å²) >= 11 is 1.31. The maximum Gasteiger partial charge on any atom is 0.284 e. The summed E-state index contributed by atoms with van der Waals surface area (Å²) in [5.41, 5.74) is 1.02. The van der Waals surface area contributed by atoms with Gasteiger partial charge in [-0.3, -0.25) is 4.79 Å². The summed E-state index contributed by atoms with van der Waals surface area (Å²) < 4.78 is 25.4. The topological polar surface area (TPSA) is 76.1 Å². The number of hydrogen-bond acceptors (Lipinski definition) is 5. The Kier molecular flexibility index (Phi) is 5.08. The highest BCUT2D eigenvalue weighted by Crippen LogP contribution is 2.23. The molecule has 2 aromatic rings. The van der Waals surface area contributed by atoms with Crippen molar-refractivity contribution in [1.29, 1.82) is 0 Å². The first kappa shape index (κ1) is 15.7. The van der Waals surface area contributed by atoms with Crippen LogP contribution < -0.4 is 4.72 Å². The number of nitrogens with zero attached hydrogens (tertiary/aromatic N) is 1. The average Bonchev–Trinajstić information content (AvgIpc) is 2.96. The first-order chi connectivity index (χ1) is 10.0. The number of amides is 1. The van der Waals surface area contributed by atoms with Crippen molar-refractivity contribution in [2.45, 2.75) is 19.8 Å². The molecule has 7 heteroatoms. The van der Waals surface area contributed by atoms with Crippen LogP contribution in [-0.2, 0) is 10.0 Å². The first-order valence-corrected chi connectivity index (χ1v) is 9.11. The van der Waals surface area contributed by atoms with E-state index in [1.165, 1.54) is 11.3 Å². The molecule has 0 aliphatic heterocycles. The van der Waals surface area contributed by atoms with Crippen LogP contribution in [0.2, 0.25) is 0 Å². The molecule has 0 saturated heterocycles. The van der Waals surface area contributed by atoms with Crippen LogP contribution >= 0.6 is 11.3 Å². The third kappa shape index (κ3) is 4.37. The highest BCUT2D eigenvalue weighted by Gasteiger charge is 2.18. The summed E-state index contributed by atoms with van der Waals surface area (Å²) in [4.78, 5) is 16.1. The Morgan fingerprint density at radius 3 is 2.67 bits per heavy atom. The van der Waals surface area contributed by atoms with Gasteiger partial charge in [0.2, 0.25) is 10.0 Å². The van der Waals surface area contributed by atoms with Gasteiger partial charge in [-0.25, -0.2) is 18.1 Å². The summed E-state index contributed by atoms with van der Waals surface area (Å²) in [6, 6.07) is 9.43. The Bertz CT molecular complexity index is 709. The number of unbranched alkanes of at least 4 members (excludes halogenated alkanes) is 1. The zero-order valence-electron chi connectivity index (χ0n) is 11.6. The summed E-state index contributed by atoms with van der Waals surface area (Å²) in [5, 5.41) is 2.25. The van der Waals surface area contributed by atoms with Gasteiger partial charge in [-0.15, -0.1) is 11.3 Å². The number of aromatic nitrogens is 1. The molecule has 0 bridgehead atoms. The number of benzene rings is 1. The van der Waals surface area contributed by atoms with Crippen molar-refractivity contribution in [1.82, 2.24) is 9.71 Å². The fourth-order valence-corrected chi connectivity index (χ4v) is 3.63. The van der Waals surface area contributed by atoms with Crippen LogP contribution in [0.4, 0.5) is 0 Å². The molecule has 0 saturated carbocycles. The summed E-state index contributed by atoms with van der Waals surface area (Å²) in [6.45, 7) is 1.89. The molecule has 0 unspecified atom stereocenters. The minimum atomic E-state index is -3.58. The summed E-state index contributed by atoms with van der Waals surface area (Å²) in [6.07, 6.45) is 1.28. The standard InChI is InChI=1S/C14H16N2O3S2/c1-2-3-9-21(18,19)16-13(17)12-10-20-14(15-12)11-7-5-4-6-8-11/h4-8,10H,2-3,9H2,1H3,(H,16,17). The quantitative estimate of drug-likeness (QED) is 0.886. The van der Waals surface area contributed by atoms with Gasteiger partial charge in [0.25, 0.3) is 5.91 Å². The van der Waals surface area contributed by atoms with Gasteiger partial charge in [0.15, 0.2) is 0 Å². The molecule has 112 valence electrons. The van der Waals surface area contributed by atoms with Gasteiger partial charge in [-0.1, -0.05) is 43.7 Å². The molecule has 0 atom stereocenters. The second-order valence-electron chi connectivity index (χ2n) is 4.51. The fourth-order valence-electron chi connectivity index (χ4n) is 1.67. The molecule has 0 fully saturated rings. The van der Waals surface area contributed by atoms with Gasteiger partial charge < -0.3 is 0 Å². The first-order valence-electron chi connectivity index (χ1n) is 6.57. The molecule has 1 N–H and O–H groups in total. The zero-order chi connectivity index (χ0) is 15.3. The SMILES string of the molecule is CCCCS(=O)(=O)NC(=O)c1csc(-c2ccccc2)n1. The lowest BCUT2D eigenvalue weighted by atomic mass is 10.2. The number of carbonyl (C=O) groups is 1. The molecule has 5 nitrogen and oxygen atoms in total. The van der Waals surface area contributed by atoms with Crippen molar-refractivity contribution in [3.05, 3.63) is 41.4 Å². The molecule has 21 heavy (non-hydrogen) atoms. The molecule has 1 aromatic heterocycles. The fraction of sp³-hybridized carbons (Fsp3) is 0.286. The highest BCUT2D eigenvalue weighted by molar-refractivity contribution is 7.90. The van der Waals surface area contributed by atoms with Crippen LogP contribution in [0.3, 0.4) is 0 Å². The number of thiazole rings is 1. The second kappa shape index (κ2) is 6.82. The van der Waals surface area contributed by atoms with Crippen molar-refractivity contribution < 1.29 is 13.2 Å². The van der Waals surface area contributed by atoms with Crippen LogP contribution in [-0.4, -0.2) is 25.1 Å². The Morgan fingerprint density at radius 2 is 2.00 bits per heavy atom. The van der Waals surface area contributed by atoms with Crippen molar-refractivity contribution in [3.63, 3.8) is 0 Å². The van der Waals surface area contributed by atoms with Crippen molar-refractivity contribution in [2.75, 3.05) is 5.75 Å². The monoisotopic (exact) mass is 324 g/mol. The summed E-state index contributed by atoms with van der Waals surface area (Å²) in [7, 11) is -3.58. The Hall–Kier alpha value is -1.73. The molecular weight excluding hydrogens is 308 g/mol. The average molecular weight is 324 g/mol. The maximum atomic E-state index is 11.9. The highest BCUT2D eigenvalue weighted by atomic mass is 32.2. The smallest absolute Gasteiger partial charge is 0.266 e. The van der Waals surface area contributed by atoms with Gasteiger partial charge in [0, 0.05) is 10.9 Å². The van der Waals surface area contributed by atoms with Crippen LogP contribution in [0.1, 0.15) is 30.3 Å². The van der Waals surface area contributed by atoms with E-state index in [-0.39, 0.29) is 11.4 Å². The molecule has 1 aromatic carbocycles. The predicted octanol–water partition coefficient (Wildman–Crippen LogP) is 2.67. The third-order valence-electron chi connectivity index (χ3n) is 2.77. The van der Waals surface area contributed by atoms with Gasteiger partial charge in [0.1, 0.15) is 10.7 Å². The Labute approximate surface area is 128 Å². The van der Waals surface area contributed by atoms with Gasteiger partial charge >= 0.3 is 0 Å². The zero-order valence-corrected chi connectivity index (χ0v) is 13.2. The molecule has 0 aliphatic carbocycles. The molecule has 0 aliphatic rings. The number of hydrogen-bond donors (Lipinski definition) is 1. The Morgan fingerprint density at radius 1 is 1.29 bits per heavy atom. The largest absolute Gasteiger partial charge is 0.284 e. The van der Waals surface area contributed by atoms with Crippen LogP contribution in [0.15, 0.2) is 35.7 Å². The van der Waals surface area contributed by atoms with E-state index in [1.54, 1.807) is 5.38 Å². The number of carbonyl (C=O) groups excluding carboxylic acids is 1. The van der Waals surface area contributed by atoms with E-state index < -0.39 is 15.9 Å². The van der Waals surface area contributed by atoms with E-state index >= 15 is 0 Å². The van der Waals surface area contributed by atoms with Crippen molar-refractivity contribution in [3.8, 4) is 10.6 Å². The van der Waals surface area contributed by atoms with Crippen LogP contribution in [0.25, 0.3) is 10.6 Å². The van der Waals surface area contributed by atoms with Crippen molar-refractivity contribution >= 4 is 27.3 Å². The lowest BCUT2D eigenvalue weighted by molar-refractivity contribution is 0.0977. The second-order valence-corrected chi connectivity index (χ2v) is 7.21. The van der Waals surface area contributed by atoms with E-state index in [0.717, 1.165) is 12.0 Å². The minimum absolute atomic E-state index is 0.0507. The van der Waals surface area contributed by atoms with Crippen LogP contribution in [0.5, 0.6) is 0 Å². The predicted molar refractivity (Wildman–Crippen MR) is 83.7 cm³/mol. The third-order valence-corrected chi connectivity index (χ3v) is 4.99. The van der Waals surface area contributed by atoms with Crippen LogP contribution in [0, 0.1) is 0 Å². The molecule has 0 spiro atoms. The molecule has 0 radical (unpaired) electrons. The van der Waals surface area contributed by atoms with E-state index in [4.69, 9.17) is 0 Å². The lowest BCUT2D eigenvalue weighted by Crippen LogP contribution is -2.32. The van der Waals surface area contributed by atoms with E-state index in [9.17, 15) is 13.2 Å². The number of rotatable bonds is 6. The van der Waals surface area contributed by atoms with E-state index in [0.29, 0.717) is 11.4 Å². The van der Waals surface area contributed by atoms with Gasteiger partial charge in [-0.2, -0.15) is 0 Å². The number of nitrogens with one attached hydrogen (secondary N) is 1. The number of sulfonamides is 1. The van der Waals surface area contributed by atoms with Gasteiger partial charge in [0.05, 0.1) is 5.75 Å². The summed E-state index contributed by atoms with van der Waals surface area (Å²) in [5.74, 6) is -0.727. The van der Waals surface area contributed by atoms with Gasteiger partial charge in [-0.05, 0) is 6.42 Å². The maximum absolute atomic E-state index is 11.9. The van der Waals surface area contributed by atoms with Crippen molar-refractivity contribution in [2.24, 2.45) is 0 Å². The minimum Gasteiger partial charge on any atom is -0.266 e. The lowest BCUT2D eigenvalue weighted by Gasteiger charge is -2.04. The molecule has 1 amide bonds. The Balaban J connectivity index is 2.09. The molecule has 2 rings (SSSR count). The normalized spacial score (nSPS) is 11.3. The van der Waals surface area contributed by atoms with E-state index in [2.05, 4.69) is 4.98 Å². The van der Waals surface area contributed by atoms with E-state index in [1.807, 2.05) is 42.0 Å². The molecule has 1 heterocycles.